The van der Waals surface area contributed by atoms with E-state index in [9.17, 15) is 4.79 Å². The summed E-state index contributed by atoms with van der Waals surface area (Å²) in [5.74, 6) is 0.191. The molecule has 1 heterocycles. The molecule has 1 fully saturated rings. The second kappa shape index (κ2) is 6.03. The number of carbonyl (C=O) groups excluding carboxylic acids is 1. The van der Waals surface area contributed by atoms with E-state index in [0.29, 0.717) is 13.0 Å². The Bertz CT molecular complexity index is 378. The molecule has 94 valence electrons. The standard InChI is InChI=1S/C13H18N2O.ClH/c1-10-2-4-11(5-3-10)8-13(16)15-7-6-12(14)9-15;/h2-5,12H,6-9,14H2,1H3;1H/t12-;/m0./s1. The normalized spacial score (nSPS) is 18.9. The summed E-state index contributed by atoms with van der Waals surface area (Å²) in [6, 6.07) is 8.28. The van der Waals surface area contributed by atoms with E-state index in [1.807, 2.05) is 36.1 Å². The summed E-state index contributed by atoms with van der Waals surface area (Å²) in [4.78, 5) is 13.8. The average molecular weight is 255 g/mol. The van der Waals surface area contributed by atoms with Gasteiger partial charge in [0.15, 0.2) is 0 Å². The number of rotatable bonds is 2. The highest BCUT2D eigenvalue weighted by Gasteiger charge is 2.23. The molecule has 2 rings (SSSR count). The predicted octanol–water partition coefficient (Wildman–Crippen LogP) is 1.52. The lowest BCUT2D eigenvalue weighted by atomic mass is 10.1. The third-order valence-corrected chi connectivity index (χ3v) is 3.05. The minimum Gasteiger partial charge on any atom is -0.341 e. The van der Waals surface area contributed by atoms with Crippen LogP contribution in [0.5, 0.6) is 0 Å². The minimum absolute atomic E-state index is 0. The Morgan fingerprint density at radius 1 is 1.41 bits per heavy atom. The molecule has 0 spiro atoms. The molecule has 1 atom stereocenters. The maximum absolute atomic E-state index is 11.9. The first-order chi connectivity index (χ1) is 7.65. The van der Waals surface area contributed by atoms with Gasteiger partial charge in [-0.3, -0.25) is 4.79 Å². The molecule has 2 N–H and O–H groups in total. The van der Waals surface area contributed by atoms with Crippen molar-refractivity contribution in [3.8, 4) is 0 Å². The smallest absolute Gasteiger partial charge is 0.227 e. The Morgan fingerprint density at radius 2 is 2.06 bits per heavy atom. The molecule has 1 aromatic carbocycles. The van der Waals surface area contributed by atoms with Gasteiger partial charge in [0.05, 0.1) is 6.42 Å². The summed E-state index contributed by atoms with van der Waals surface area (Å²) in [5.41, 5.74) is 8.08. The first kappa shape index (κ1) is 14.0. The van der Waals surface area contributed by atoms with Gasteiger partial charge in [-0.2, -0.15) is 0 Å². The monoisotopic (exact) mass is 254 g/mol. The van der Waals surface area contributed by atoms with Gasteiger partial charge in [-0.05, 0) is 18.9 Å². The van der Waals surface area contributed by atoms with Gasteiger partial charge in [-0.1, -0.05) is 29.8 Å². The lowest BCUT2D eigenvalue weighted by Gasteiger charge is -2.15. The number of aryl methyl sites for hydroxylation is 1. The SMILES string of the molecule is Cc1ccc(CC(=O)N2CC[C@H](N)C2)cc1.Cl. The van der Waals surface area contributed by atoms with Crippen molar-refractivity contribution in [3.05, 3.63) is 35.4 Å². The van der Waals surface area contributed by atoms with Crippen LogP contribution >= 0.6 is 12.4 Å². The molecule has 1 saturated heterocycles. The van der Waals surface area contributed by atoms with Crippen molar-refractivity contribution in [2.24, 2.45) is 5.73 Å². The van der Waals surface area contributed by atoms with Crippen molar-refractivity contribution >= 4 is 18.3 Å². The number of hydrogen-bond donors (Lipinski definition) is 1. The molecule has 0 aliphatic carbocycles. The Hall–Kier alpha value is -1.06. The highest BCUT2D eigenvalue weighted by atomic mass is 35.5. The van der Waals surface area contributed by atoms with E-state index in [1.165, 1.54) is 5.56 Å². The van der Waals surface area contributed by atoms with Crippen LogP contribution in [0.25, 0.3) is 0 Å². The lowest BCUT2D eigenvalue weighted by molar-refractivity contribution is -0.129. The summed E-state index contributed by atoms with van der Waals surface area (Å²) in [6.07, 6.45) is 1.42. The van der Waals surface area contributed by atoms with Crippen molar-refractivity contribution in [2.45, 2.75) is 25.8 Å². The summed E-state index contributed by atoms with van der Waals surface area (Å²) < 4.78 is 0. The van der Waals surface area contributed by atoms with Crippen molar-refractivity contribution in [2.75, 3.05) is 13.1 Å². The number of hydrogen-bond acceptors (Lipinski definition) is 2. The number of nitrogens with zero attached hydrogens (tertiary/aromatic N) is 1. The van der Waals surface area contributed by atoms with E-state index in [2.05, 4.69) is 0 Å². The zero-order valence-electron chi connectivity index (χ0n) is 10.1. The molecule has 0 aromatic heterocycles. The molecule has 1 aromatic rings. The summed E-state index contributed by atoms with van der Waals surface area (Å²) >= 11 is 0. The van der Waals surface area contributed by atoms with Crippen molar-refractivity contribution < 1.29 is 4.79 Å². The van der Waals surface area contributed by atoms with Crippen LogP contribution in [-0.4, -0.2) is 29.9 Å². The minimum atomic E-state index is 0. The number of carbonyl (C=O) groups is 1. The molecular weight excluding hydrogens is 236 g/mol. The van der Waals surface area contributed by atoms with E-state index in [0.717, 1.165) is 18.5 Å². The topological polar surface area (TPSA) is 46.3 Å². The second-order valence-corrected chi connectivity index (χ2v) is 4.55. The molecule has 3 nitrogen and oxygen atoms in total. The average Bonchev–Trinajstić information content (AvgIpc) is 2.68. The molecule has 0 radical (unpaired) electrons. The lowest BCUT2D eigenvalue weighted by Crippen LogP contribution is -2.32. The Balaban J connectivity index is 0.00000144. The first-order valence-corrected chi connectivity index (χ1v) is 5.74. The van der Waals surface area contributed by atoms with Gasteiger partial charge in [0.25, 0.3) is 0 Å². The van der Waals surface area contributed by atoms with Crippen LogP contribution in [0.2, 0.25) is 0 Å². The third-order valence-electron chi connectivity index (χ3n) is 3.05. The van der Waals surface area contributed by atoms with Crippen LogP contribution in [0.4, 0.5) is 0 Å². The van der Waals surface area contributed by atoms with Crippen LogP contribution in [0.3, 0.4) is 0 Å². The molecule has 0 saturated carbocycles. The fourth-order valence-corrected chi connectivity index (χ4v) is 2.01. The van der Waals surface area contributed by atoms with E-state index < -0.39 is 0 Å². The first-order valence-electron chi connectivity index (χ1n) is 5.74. The van der Waals surface area contributed by atoms with Gasteiger partial charge >= 0.3 is 0 Å². The second-order valence-electron chi connectivity index (χ2n) is 4.55. The Morgan fingerprint density at radius 3 is 2.59 bits per heavy atom. The highest BCUT2D eigenvalue weighted by Crippen LogP contribution is 2.11. The number of likely N-dealkylation sites (tertiary alicyclic amines) is 1. The van der Waals surface area contributed by atoms with E-state index in [-0.39, 0.29) is 24.4 Å². The number of amides is 1. The number of halogens is 1. The van der Waals surface area contributed by atoms with Crippen LogP contribution in [0.15, 0.2) is 24.3 Å². The molecule has 0 unspecified atom stereocenters. The van der Waals surface area contributed by atoms with Crippen molar-refractivity contribution in [3.63, 3.8) is 0 Å². The zero-order chi connectivity index (χ0) is 11.5. The molecule has 0 bridgehead atoms. The predicted molar refractivity (Wildman–Crippen MR) is 71.3 cm³/mol. The largest absolute Gasteiger partial charge is 0.341 e. The fourth-order valence-electron chi connectivity index (χ4n) is 2.01. The quantitative estimate of drug-likeness (QED) is 0.870. The van der Waals surface area contributed by atoms with Gasteiger partial charge in [0, 0.05) is 19.1 Å². The summed E-state index contributed by atoms with van der Waals surface area (Å²) in [5, 5.41) is 0. The van der Waals surface area contributed by atoms with E-state index >= 15 is 0 Å². The van der Waals surface area contributed by atoms with Gasteiger partial charge in [0.1, 0.15) is 0 Å². The number of nitrogens with two attached hydrogens (primary N) is 1. The van der Waals surface area contributed by atoms with Crippen LogP contribution < -0.4 is 5.73 Å². The van der Waals surface area contributed by atoms with Crippen molar-refractivity contribution in [1.82, 2.24) is 4.90 Å². The van der Waals surface area contributed by atoms with Gasteiger partial charge in [0.2, 0.25) is 5.91 Å². The van der Waals surface area contributed by atoms with Crippen molar-refractivity contribution in [1.29, 1.82) is 0 Å². The van der Waals surface area contributed by atoms with E-state index in [1.54, 1.807) is 0 Å². The van der Waals surface area contributed by atoms with Gasteiger partial charge in [-0.15, -0.1) is 12.4 Å². The summed E-state index contributed by atoms with van der Waals surface area (Å²) in [7, 11) is 0. The molecule has 1 amide bonds. The fraction of sp³-hybridized carbons (Fsp3) is 0.462. The maximum atomic E-state index is 11.9. The molecule has 1 aliphatic heterocycles. The summed E-state index contributed by atoms with van der Waals surface area (Å²) in [6.45, 7) is 3.57. The maximum Gasteiger partial charge on any atom is 0.227 e. The molecule has 4 heteroatoms. The Kier molecular flexibility index (Phi) is 4.97. The van der Waals surface area contributed by atoms with Crippen LogP contribution in [0.1, 0.15) is 17.5 Å². The number of benzene rings is 1. The molecule has 1 aliphatic rings. The highest BCUT2D eigenvalue weighted by molar-refractivity contribution is 5.85. The van der Waals surface area contributed by atoms with E-state index in [4.69, 9.17) is 5.73 Å². The van der Waals surface area contributed by atoms with Crippen LogP contribution in [-0.2, 0) is 11.2 Å². The zero-order valence-corrected chi connectivity index (χ0v) is 10.9. The van der Waals surface area contributed by atoms with Crippen LogP contribution in [0, 0.1) is 6.92 Å². The van der Waals surface area contributed by atoms with Gasteiger partial charge in [-0.25, -0.2) is 0 Å². The van der Waals surface area contributed by atoms with Gasteiger partial charge < -0.3 is 10.6 Å². The third kappa shape index (κ3) is 3.72. The molecule has 17 heavy (non-hydrogen) atoms. The molecular formula is C13H19ClN2O. The Labute approximate surface area is 108 Å².